The summed E-state index contributed by atoms with van der Waals surface area (Å²) in [6.45, 7) is 0. The summed E-state index contributed by atoms with van der Waals surface area (Å²) < 4.78 is 1.78. The van der Waals surface area contributed by atoms with Gasteiger partial charge in [-0.25, -0.2) is 4.98 Å². The first-order chi connectivity index (χ1) is 14.3. The fraction of sp³-hybridized carbons (Fsp3) is 0.0400. The summed E-state index contributed by atoms with van der Waals surface area (Å²) in [6.07, 6.45) is 1.97. The van der Waals surface area contributed by atoms with E-state index in [4.69, 9.17) is 0 Å². The van der Waals surface area contributed by atoms with Gasteiger partial charge < -0.3 is 0 Å². The van der Waals surface area contributed by atoms with E-state index in [1.807, 2.05) is 66.9 Å². The van der Waals surface area contributed by atoms with Gasteiger partial charge in [-0.3, -0.25) is 9.36 Å². The number of benzene rings is 3. The van der Waals surface area contributed by atoms with Crippen LogP contribution in [0.3, 0.4) is 0 Å². The van der Waals surface area contributed by atoms with Gasteiger partial charge in [0.05, 0.1) is 10.5 Å². The van der Waals surface area contributed by atoms with Crippen LogP contribution < -0.4 is 5.56 Å². The van der Waals surface area contributed by atoms with Crippen LogP contribution in [-0.2, 0) is 0 Å². The van der Waals surface area contributed by atoms with Gasteiger partial charge in [0.25, 0.3) is 5.56 Å². The maximum absolute atomic E-state index is 13.6. The molecule has 0 fully saturated rings. The lowest BCUT2D eigenvalue weighted by Crippen LogP contribution is -2.20. The second kappa shape index (κ2) is 7.22. The van der Waals surface area contributed by atoms with Crippen LogP contribution in [0.1, 0.15) is 0 Å². The zero-order valence-electron chi connectivity index (χ0n) is 15.9. The lowest BCUT2D eigenvalue weighted by Gasteiger charge is -2.14. The van der Waals surface area contributed by atoms with Crippen molar-refractivity contribution in [3.05, 3.63) is 101 Å². The van der Waals surface area contributed by atoms with Gasteiger partial charge in [-0.2, -0.15) is 0 Å². The van der Waals surface area contributed by atoms with E-state index in [0.29, 0.717) is 5.52 Å². The molecule has 0 saturated carbocycles. The molecule has 0 bridgehead atoms. The van der Waals surface area contributed by atoms with Gasteiger partial charge in [0.2, 0.25) is 0 Å². The first-order valence-corrected chi connectivity index (χ1v) is 10.6. The van der Waals surface area contributed by atoms with E-state index in [1.54, 1.807) is 4.57 Å². The fourth-order valence-electron chi connectivity index (χ4n) is 3.76. The number of pyridine rings is 2. The highest BCUT2D eigenvalue weighted by Crippen LogP contribution is 2.27. The number of para-hydroxylation sites is 1. The summed E-state index contributed by atoms with van der Waals surface area (Å²) in [5.41, 5.74) is 4.32. The Morgan fingerprint density at radius 2 is 1.52 bits per heavy atom. The standard InChI is InChI=1S/C25H18N2OS/c1-29-23-15-14-21-20-12-5-6-13-22(20)27(25(28)24(21)26-23)19-11-7-10-18(16-19)17-8-3-2-4-9-17/h2-16H,1H3. The molecule has 3 nitrogen and oxygen atoms in total. The Morgan fingerprint density at radius 1 is 0.759 bits per heavy atom. The van der Waals surface area contributed by atoms with Crippen LogP contribution in [0.15, 0.2) is 101 Å². The van der Waals surface area contributed by atoms with Crippen molar-refractivity contribution in [2.24, 2.45) is 0 Å². The number of hydrogen-bond acceptors (Lipinski definition) is 3. The molecule has 0 saturated heterocycles. The van der Waals surface area contributed by atoms with Crippen molar-refractivity contribution in [3.63, 3.8) is 0 Å². The molecule has 0 amide bonds. The lowest BCUT2D eigenvalue weighted by atomic mass is 10.0. The summed E-state index contributed by atoms with van der Waals surface area (Å²) in [7, 11) is 0. The second-order valence-electron chi connectivity index (χ2n) is 6.82. The molecule has 0 radical (unpaired) electrons. The quantitative estimate of drug-likeness (QED) is 0.281. The molecule has 0 unspecified atom stereocenters. The predicted molar refractivity (Wildman–Crippen MR) is 122 cm³/mol. The van der Waals surface area contributed by atoms with Crippen LogP contribution in [0.2, 0.25) is 0 Å². The summed E-state index contributed by atoms with van der Waals surface area (Å²) in [4.78, 5) is 18.2. The molecular weight excluding hydrogens is 376 g/mol. The van der Waals surface area contributed by atoms with Gasteiger partial charge in [-0.05, 0) is 47.7 Å². The van der Waals surface area contributed by atoms with Crippen molar-refractivity contribution >= 4 is 33.6 Å². The smallest absolute Gasteiger partial charge is 0.275 e. The normalized spacial score (nSPS) is 11.2. The number of fused-ring (bicyclic) bond motifs is 3. The van der Waals surface area contributed by atoms with Crippen molar-refractivity contribution < 1.29 is 0 Å². The number of hydrogen-bond donors (Lipinski definition) is 0. The maximum atomic E-state index is 13.6. The van der Waals surface area contributed by atoms with Gasteiger partial charge in [0, 0.05) is 16.5 Å². The Morgan fingerprint density at radius 3 is 2.34 bits per heavy atom. The molecule has 0 spiro atoms. The minimum absolute atomic E-state index is 0.0974. The molecule has 0 aliphatic carbocycles. The van der Waals surface area contributed by atoms with E-state index in [9.17, 15) is 4.79 Å². The molecule has 0 aliphatic heterocycles. The number of rotatable bonds is 3. The van der Waals surface area contributed by atoms with Crippen LogP contribution in [0.25, 0.3) is 38.6 Å². The molecule has 29 heavy (non-hydrogen) atoms. The summed E-state index contributed by atoms with van der Waals surface area (Å²) in [5.74, 6) is 0. The van der Waals surface area contributed by atoms with E-state index >= 15 is 0 Å². The molecule has 140 valence electrons. The first-order valence-electron chi connectivity index (χ1n) is 9.40. The Hall–Kier alpha value is -3.37. The molecule has 0 atom stereocenters. The number of nitrogens with zero attached hydrogens (tertiary/aromatic N) is 2. The molecule has 3 aromatic carbocycles. The summed E-state index contributed by atoms with van der Waals surface area (Å²) in [6, 6.07) is 30.3. The largest absolute Gasteiger partial charge is 0.282 e. The zero-order valence-corrected chi connectivity index (χ0v) is 16.7. The van der Waals surface area contributed by atoms with Crippen molar-refractivity contribution in [1.29, 1.82) is 0 Å². The Balaban J connectivity index is 1.85. The van der Waals surface area contributed by atoms with Crippen LogP contribution in [0.4, 0.5) is 0 Å². The molecule has 0 N–H and O–H groups in total. The van der Waals surface area contributed by atoms with Gasteiger partial charge in [-0.1, -0.05) is 60.7 Å². The van der Waals surface area contributed by atoms with Crippen molar-refractivity contribution in [3.8, 4) is 16.8 Å². The molecular formula is C25H18N2OS. The zero-order chi connectivity index (χ0) is 19.8. The topological polar surface area (TPSA) is 34.9 Å². The number of thioether (sulfide) groups is 1. The lowest BCUT2D eigenvalue weighted by molar-refractivity contribution is 1.04. The Kier molecular flexibility index (Phi) is 4.41. The maximum Gasteiger partial charge on any atom is 0.282 e. The summed E-state index contributed by atoms with van der Waals surface area (Å²) >= 11 is 1.54. The Bertz CT molecular complexity index is 1410. The van der Waals surface area contributed by atoms with Crippen LogP contribution in [0.5, 0.6) is 0 Å². The SMILES string of the molecule is CSc1ccc2c(n1)c(=O)n(-c1cccc(-c3ccccc3)c1)c1ccccc21. The van der Waals surface area contributed by atoms with Gasteiger partial charge in [0.1, 0.15) is 5.52 Å². The highest BCUT2D eigenvalue weighted by atomic mass is 32.2. The number of aromatic nitrogens is 2. The van der Waals surface area contributed by atoms with Crippen molar-refractivity contribution in [1.82, 2.24) is 9.55 Å². The minimum Gasteiger partial charge on any atom is -0.275 e. The van der Waals surface area contributed by atoms with Gasteiger partial charge >= 0.3 is 0 Å². The third-order valence-corrected chi connectivity index (χ3v) is 5.78. The van der Waals surface area contributed by atoms with Gasteiger partial charge in [-0.15, -0.1) is 11.8 Å². The van der Waals surface area contributed by atoms with Crippen LogP contribution >= 0.6 is 11.8 Å². The predicted octanol–water partition coefficient (Wildman–Crippen LogP) is 5.93. The molecule has 2 aromatic heterocycles. The third kappa shape index (κ3) is 3.02. The third-order valence-electron chi connectivity index (χ3n) is 5.13. The minimum atomic E-state index is -0.0974. The van der Waals surface area contributed by atoms with Crippen molar-refractivity contribution in [2.75, 3.05) is 6.26 Å². The van der Waals surface area contributed by atoms with Crippen LogP contribution in [0, 0.1) is 0 Å². The van der Waals surface area contributed by atoms with E-state index < -0.39 is 0 Å². The monoisotopic (exact) mass is 394 g/mol. The highest BCUT2D eigenvalue weighted by molar-refractivity contribution is 7.98. The van der Waals surface area contributed by atoms with E-state index in [2.05, 4.69) is 35.3 Å². The average molecular weight is 394 g/mol. The van der Waals surface area contributed by atoms with E-state index in [-0.39, 0.29) is 5.56 Å². The van der Waals surface area contributed by atoms with E-state index in [0.717, 1.165) is 38.1 Å². The highest BCUT2D eigenvalue weighted by Gasteiger charge is 2.14. The van der Waals surface area contributed by atoms with Gasteiger partial charge in [0.15, 0.2) is 0 Å². The molecule has 2 heterocycles. The summed E-state index contributed by atoms with van der Waals surface area (Å²) in [5, 5.41) is 2.75. The average Bonchev–Trinajstić information content (AvgIpc) is 2.80. The molecule has 5 aromatic rings. The first kappa shape index (κ1) is 17.7. The van der Waals surface area contributed by atoms with Crippen LogP contribution in [-0.4, -0.2) is 15.8 Å². The Labute approximate surface area is 172 Å². The molecule has 0 aliphatic rings. The second-order valence-corrected chi connectivity index (χ2v) is 7.65. The molecule has 4 heteroatoms. The van der Waals surface area contributed by atoms with E-state index in [1.165, 1.54) is 11.8 Å². The molecule has 5 rings (SSSR count). The van der Waals surface area contributed by atoms with Crippen molar-refractivity contribution in [2.45, 2.75) is 5.03 Å². The fourth-order valence-corrected chi connectivity index (χ4v) is 4.15.